The van der Waals surface area contributed by atoms with Crippen molar-refractivity contribution in [2.75, 3.05) is 6.61 Å². The lowest BCUT2D eigenvalue weighted by atomic mass is 9.87. The van der Waals surface area contributed by atoms with Gasteiger partial charge in [-0.3, -0.25) is 0 Å². The number of hydrogen-bond acceptors (Lipinski definition) is 30. The molecule has 12 rings (SSSR count). The van der Waals surface area contributed by atoms with Crippen molar-refractivity contribution in [3.63, 3.8) is 0 Å². The number of phenolic OH excluding ortho intramolecular Hbond substituents is 16. The minimum Gasteiger partial charge on any atom is -0.504 e. The lowest BCUT2D eigenvalue weighted by Crippen LogP contribution is -2.62. The van der Waals surface area contributed by atoms with Gasteiger partial charge >= 0.3 is 35.1 Å². The van der Waals surface area contributed by atoms with E-state index in [9.17, 15) is 116 Å². The molecule has 0 amide bonds. The lowest BCUT2D eigenvalue weighted by Gasteiger charge is -2.43. The van der Waals surface area contributed by atoms with Gasteiger partial charge in [0.2, 0.25) is 34.5 Å². The molecule has 4 aliphatic rings. The number of carbonyl (C=O) groups is 4. The van der Waals surface area contributed by atoms with Gasteiger partial charge < -0.3 is 125 Å². The van der Waals surface area contributed by atoms with Crippen LogP contribution >= 0.6 is 0 Å². The Morgan fingerprint density at radius 1 is 0.354 bits per heavy atom. The number of carbonyl (C=O) groups excluding carboxylic acids is 4. The minimum atomic E-state index is -2.77. The molecule has 6 heterocycles. The molecule has 4 aliphatic heterocycles. The Hall–Kier alpha value is -11.2. The highest BCUT2D eigenvalue weighted by molar-refractivity contribution is 6.29. The zero-order chi connectivity index (χ0) is 56.3. The van der Waals surface area contributed by atoms with Crippen LogP contribution in [0.15, 0.2) is 42.7 Å². The maximum atomic E-state index is 14.8. The van der Waals surface area contributed by atoms with Crippen LogP contribution in [-0.4, -0.2) is 153 Å². The SMILES string of the molecule is O.O=C1O[C@H]2[C@H](OC(=O)c3cc(O)c(O)c(O)c3-c3c1cc(O)c(O)c3O)[C@H]1OC(=O)c3cc(O)c(O)c(O)c3-c3c(O)c(O)c4oc(=O)c5c(c(O)c(O)c6oc(=O)c3c4c65)-c3c(cc(O)c(O)c3O)C(=O)OC[C@H]2OC1O. The van der Waals surface area contributed by atoms with Gasteiger partial charge in [0.15, 0.2) is 93.3 Å². The third kappa shape index (κ3) is 6.89. The fourth-order valence-corrected chi connectivity index (χ4v) is 9.72. The first kappa shape index (κ1) is 51.3. The smallest absolute Gasteiger partial charge is 0.345 e. The highest BCUT2D eigenvalue weighted by atomic mass is 16.7. The van der Waals surface area contributed by atoms with E-state index in [0.29, 0.717) is 18.2 Å². The molecule has 408 valence electrons. The minimum absolute atomic E-state index is 0. The van der Waals surface area contributed by atoms with Crippen LogP contribution in [0, 0.1) is 0 Å². The van der Waals surface area contributed by atoms with Gasteiger partial charge in [-0.1, -0.05) is 0 Å². The predicted molar refractivity (Wildman–Crippen MR) is 249 cm³/mol. The number of ether oxygens (including phenoxy) is 5. The standard InChI is InChI=1S/C48H28O30.H2O/c49-10-1-6-17(31(59)27(10)55)19-23-21-22-24(47(70)76-38(21)35(63)33(19)61)20(34(62)36(64)39(22)75-46(23)69)18-9(4-13(52)28(56)32(18)60)45(68)78-41-40-37(14(73-48(41)71)5-72-42(6)65)74-43(66)7-2-11(50)25(53)29(57)15(7)16-8(44(67)77-40)3-12(51)26(54)30(16)58;/h1-4,14,37,40-41,48-64,71H,5H2;1H2/t14-,37-,40+,41-,48?;/m1./s1. The summed E-state index contributed by atoms with van der Waals surface area (Å²) in [6.07, 6.45) is -12.9. The molecule has 8 aromatic rings. The van der Waals surface area contributed by atoms with Crippen molar-refractivity contribution >= 4 is 56.6 Å². The summed E-state index contributed by atoms with van der Waals surface area (Å²) in [4.78, 5) is 86.7. The zero-order valence-corrected chi connectivity index (χ0v) is 38.3. The second kappa shape index (κ2) is 17.2. The number of aliphatic hydroxyl groups is 1. The summed E-state index contributed by atoms with van der Waals surface area (Å²) in [5.74, 6) is -31.4. The van der Waals surface area contributed by atoms with Crippen LogP contribution in [0.2, 0.25) is 0 Å². The van der Waals surface area contributed by atoms with E-state index in [1.54, 1.807) is 0 Å². The molecular formula is C48H30O31. The Morgan fingerprint density at radius 2 is 0.658 bits per heavy atom. The van der Waals surface area contributed by atoms with E-state index in [4.69, 9.17) is 32.5 Å². The van der Waals surface area contributed by atoms with E-state index >= 15 is 0 Å². The summed E-state index contributed by atoms with van der Waals surface area (Å²) in [7, 11) is 0. The normalized spacial score (nSPS) is 19.0. The van der Waals surface area contributed by atoms with Crippen molar-refractivity contribution in [2.24, 2.45) is 0 Å². The molecular weight excluding hydrogens is 1070 g/mol. The van der Waals surface area contributed by atoms with E-state index in [-0.39, 0.29) is 11.5 Å². The molecule has 19 N–H and O–H groups in total. The number of hydrogen-bond donors (Lipinski definition) is 17. The van der Waals surface area contributed by atoms with Gasteiger partial charge in [-0.25, -0.2) is 28.8 Å². The van der Waals surface area contributed by atoms with Crippen molar-refractivity contribution in [2.45, 2.75) is 30.7 Å². The summed E-state index contributed by atoms with van der Waals surface area (Å²) in [5, 5.41) is 185. The van der Waals surface area contributed by atoms with Crippen molar-refractivity contribution in [1.29, 1.82) is 0 Å². The predicted octanol–water partition coefficient (Wildman–Crippen LogP) is 1.13. The summed E-state index contributed by atoms with van der Waals surface area (Å²) in [5.41, 5.74) is -18.1. The second-order valence-electron chi connectivity index (χ2n) is 17.4. The van der Waals surface area contributed by atoms with Gasteiger partial charge in [0, 0.05) is 44.2 Å². The van der Waals surface area contributed by atoms with Crippen molar-refractivity contribution in [1.82, 2.24) is 0 Å². The van der Waals surface area contributed by atoms with Crippen LogP contribution in [0.3, 0.4) is 0 Å². The average Bonchev–Trinajstić information content (AvgIpc) is 2.46. The van der Waals surface area contributed by atoms with Crippen LogP contribution in [0.1, 0.15) is 41.4 Å². The third-order valence-electron chi connectivity index (χ3n) is 13.2. The lowest BCUT2D eigenvalue weighted by molar-refractivity contribution is -0.284. The summed E-state index contributed by atoms with van der Waals surface area (Å²) < 4.78 is 38.5. The number of benzene rings is 6. The van der Waals surface area contributed by atoms with E-state index in [0.717, 1.165) is 0 Å². The first-order valence-corrected chi connectivity index (χ1v) is 21.7. The van der Waals surface area contributed by atoms with Gasteiger partial charge in [0.1, 0.15) is 12.7 Å². The number of phenols is 16. The maximum absolute atomic E-state index is 14.8. The molecule has 0 radical (unpaired) electrons. The molecule has 8 bridgehead atoms. The molecule has 31 nitrogen and oxygen atoms in total. The van der Waals surface area contributed by atoms with Gasteiger partial charge in [0.25, 0.3) is 0 Å². The van der Waals surface area contributed by atoms with Gasteiger partial charge in [0.05, 0.1) is 33.0 Å². The monoisotopic (exact) mass is 1100 g/mol. The van der Waals surface area contributed by atoms with Crippen molar-refractivity contribution in [3.05, 3.63) is 67.4 Å². The van der Waals surface area contributed by atoms with Crippen molar-refractivity contribution in [3.8, 4) is 125 Å². The topological polar surface area (TPSA) is 550 Å². The number of aliphatic hydroxyl groups excluding tert-OH is 1. The first-order valence-electron chi connectivity index (χ1n) is 21.7. The van der Waals surface area contributed by atoms with Crippen LogP contribution < -0.4 is 11.3 Å². The molecule has 6 aromatic carbocycles. The van der Waals surface area contributed by atoms with Crippen LogP contribution in [0.25, 0.3) is 66.1 Å². The van der Waals surface area contributed by atoms with E-state index in [1.165, 1.54) is 0 Å². The second-order valence-corrected chi connectivity index (χ2v) is 17.4. The van der Waals surface area contributed by atoms with E-state index in [1.807, 2.05) is 0 Å². The van der Waals surface area contributed by atoms with E-state index < -0.39 is 253 Å². The molecule has 0 aliphatic carbocycles. The fraction of sp³-hybridized carbons (Fsp3) is 0.125. The largest absolute Gasteiger partial charge is 0.504 e. The Morgan fingerprint density at radius 3 is 1.03 bits per heavy atom. The molecule has 0 saturated carbocycles. The third-order valence-corrected chi connectivity index (χ3v) is 13.2. The quantitative estimate of drug-likeness (QED) is 0.0333. The van der Waals surface area contributed by atoms with Crippen LogP contribution in [0.4, 0.5) is 0 Å². The van der Waals surface area contributed by atoms with Crippen molar-refractivity contribution < 1.29 is 144 Å². The van der Waals surface area contributed by atoms with Crippen LogP contribution in [0.5, 0.6) is 92.0 Å². The Bertz CT molecular complexity index is 4250. The Kier molecular flexibility index (Phi) is 11.2. The number of aromatic hydroxyl groups is 16. The van der Waals surface area contributed by atoms with Crippen LogP contribution in [-0.2, 0) is 23.7 Å². The Labute approximate surface area is 429 Å². The zero-order valence-electron chi connectivity index (χ0n) is 38.3. The number of esters is 4. The summed E-state index contributed by atoms with van der Waals surface area (Å²) in [6.45, 7) is -1.43. The van der Waals surface area contributed by atoms with Gasteiger partial charge in [-0.05, 0) is 24.3 Å². The molecule has 1 saturated heterocycles. The number of fused-ring (bicyclic) bond motifs is 7. The fourth-order valence-electron chi connectivity index (χ4n) is 9.72. The summed E-state index contributed by atoms with van der Waals surface area (Å²) >= 11 is 0. The highest BCUT2D eigenvalue weighted by Gasteiger charge is 2.54. The molecule has 1 unspecified atom stereocenters. The Balaban J connectivity index is 0.00000704. The molecule has 79 heavy (non-hydrogen) atoms. The molecule has 2 aromatic heterocycles. The first-order chi connectivity index (χ1) is 36.8. The maximum Gasteiger partial charge on any atom is 0.345 e. The highest BCUT2D eigenvalue weighted by Crippen LogP contribution is 2.59. The molecule has 1 fully saturated rings. The number of rotatable bonds is 0. The summed E-state index contributed by atoms with van der Waals surface area (Å²) in [6, 6.07) is 1.38. The van der Waals surface area contributed by atoms with Gasteiger partial charge in [-0.15, -0.1) is 0 Å². The molecule has 5 atom stereocenters. The van der Waals surface area contributed by atoms with Gasteiger partial charge in [-0.2, -0.15) is 0 Å². The molecule has 31 heteroatoms. The average molecular weight is 1100 g/mol. The van der Waals surface area contributed by atoms with E-state index in [2.05, 4.69) is 0 Å². The molecule has 0 spiro atoms.